The summed E-state index contributed by atoms with van der Waals surface area (Å²) >= 11 is 1.65. The van der Waals surface area contributed by atoms with Gasteiger partial charge in [0.25, 0.3) is 0 Å². The molecule has 0 amide bonds. The molecule has 1 aromatic carbocycles. The standard InChI is InChI=1S/C16H19N5O2S2/c1-11-19-14-4-3-12(7-15(14)24-11)21-16(17-10-18-21)8-20(2)13-5-6-25(22,23)9-13/h3-4,7,10,13H,5-6,8-9H2,1-2H3. The molecule has 2 aromatic heterocycles. The van der Waals surface area contributed by atoms with Crippen molar-refractivity contribution in [3.05, 3.63) is 35.4 Å². The maximum atomic E-state index is 11.7. The lowest BCUT2D eigenvalue weighted by molar-refractivity contribution is 0.246. The van der Waals surface area contributed by atoms with Gasteiger partial charge in [-0.2, -0.15) is 5.10 Å². The quantitative estimate of drug-likeness (QED) is 0.690. The topological polar surface area (TPSA) is 81.0 Å². The lowest BCUT2D eigenvalue weighted by Crippen LogP contribution is -2.33. The Morgan fingerprint density at radius 2 is 2.24 bits per heavy atom. The summed E-state index contributed by atoms with van der Waals surface area (Å²) in [6.07, 6.45) is 2.22. The average Bonchev–Trinajstić information content (AvgIpc) is 3.23. The molecule has 4 rings (SSSR count). The van der Waals surface area contributed by atoms with E-state index < -0.39 is 9.84 Å². The van der Waals surface area contributed by atoms with Crippen LogP contribution in [0.1, 0.15) is 17.3 Å². The first kappa shape index (κ1) is 16.6. The molecule has 0 radical (unpaired) electrons. The van der Waals surface area contributed by atoms with Crippen molar-refractivity contribution >= 4 is 31.4 Å². The van der Waals surface area contributed by atoms with E-state index in [-0.39, 0.29) is 17.5 Å². The highest BCUT2D eigenvalue weighted by Gasteiger charge is 2.31. The fourth-order valence-electron chi connectivity index (χ4n) is 3.22. The summed E-state index contributed by atoms with van der Waals surface area (Å²) in [4.78, 5) is 10.9. The van der Waals surface area contributed by atoms with Crippen LogP contribution in [0.3, 0.4) is 0 Å². The molecule has 0 bridgehead atoms. The highest BCUT2D eigenvalue weighted by molar-refractivity contribution is 7.91. The summed E-state index contributed by atoms with van der Waals surface area (Å²) in [7, 11) is -0.949. The van der Waals surface area contributed by atoms with Crippen molar-refractivity contribution in [2.75, 3.05) is 18.6 Å². The zero-order valence-electron chi connectivity index (χ0n) is 14.1. The van der Waals surface area contributed by atoms with E-state index in [2.05, 4.69) is 26.0 Å². The number of fused-ring (bicyclic) bond motifs is 1. The van der Waals surface area contributed by atoms with Gasteiger partial charge in [0, 0.05) is 6.04 Å². The van der Waals surface area contributed by atoms with Gasteiger partial charge in [0.15, 0.2) is 9.84 Å². The van der Waals surface area contributed by atoms with Crippen LogP contribution in [-0.2, 0) is 16.4 Å². The van der Waals surface area contributed by atoms with Crippen LogP contribution < -0.4 is 0 Å². The minimum atomic E-state index is -2.89. The SMILES string of the molecule is Cc1nc2ccc(-n3ncnc3CN(C)C3CCS(=O)(=O)C3)cc2s1. The molecule has 0 spiro atoms. The number of nitrogens with zero attached hydrogens (tertiary/aromatic N) is 5. The number of aryl methyl sites for hydroxylation is 1. The second-order valence-corrected chi connectivity index (χ2v) is 9.91. The van der Waals surface area contributed by atoms with Crippen LogP contribution in [0.15, 0.2) is 24.5 Å². The molecule has 1 aliphatic rings. The summed E-state index contributed by atoms with van der Waals surface area (Å²) in [6, 6.07) is 6.09. The van der Waals surface area contributed by atoms with Crippen molar-refractivity contribution in [3.63, 3.8) is 0 Å². The maximum absolute atomic E-state index is 11.7. The van der Waals surface area contributed by atoms with E-state index >= 15 is 0 Å². The van der Waals surface area contributed by atoms with Crippen LogP contribution in [0, 0.1) is 6.92 Å². The van der Waals surface area contributed by atoms with Gasteiger partial charge in [-0.15, -0.1) is 11.3 Å². The number of benzene rings is 1. The third-order valence-corrected chi connectivity index (χ3v) is 7.25. The van der Waals surface area contributed by atoms with E-state index in [1.165, 1.54) is 6.33 Å². The predicted molar refractivity (Wildman–Crippen MR) is 97.8 cm³/mol. The third kappa shape index (κ3) is 3.31. The minimum absolute atomic E-state index is 0.0433. The van der Waals surface area contributed by atoms with Crippen molar-refractivity contribution in [1.29, 1.82) is 0 Å². The highest BCUT2D eigenvalue weighted by Crippen LogP contribution is 2.25. The van der Waals surface area contributed by atoms with Gasteiger partial charge >= 0.3 is 0 Å². The summed E-state index contributed by atoms with van der Waals surface area (Å²) in [5.74, 6) is 1.30. The Balaban J connectivity index is 1.59. The Labute approximate surface area is 150 Å². The minimum Gasteiger partial charge on any atom is -0.295 e. The molecule has 3 aromatic rings. The largest absolute Gasteiger partial charge is 0.295 e. The van der Waals surface area contributed by atoms with Gasteiger partial charge in [0.2, 0.25) is 0 Å². The summed E-state index contributed by atoms with van der Waals surface area (Å²) < 4.78 is 26.3. The van der Waals surface area contributed by atoms with Crippen LogP contribution in [0.25, 0.3) is 15.9 Å². The number of hydrogen-bond donors (Lipinski definition) is 0. The number of hydrogen-bond acceptors (Lipinski definition) is 7. The van der Waals surface area contributed by atoms with Crippen molar-refractivity contribution in [2.45, 2.75) is 25.9 Å². The van der Waals surface area contributed by atoms with Crippen molar-refractivity contribution in [2.24, 2.45) is 0 Å². The summed E-state index contributed by atoms with van der Waals surface area (Å²) in [5, 5.41) is 5.39. The fraction of sp³-hybridized carbons (Fsp3) is 0.438. The molecule has 0 aliphatic carbocycles. The Bertz CT molecular complexity index is 1020. The van der Waals surface area contributed by atoms with Gasteiger partial charge in [-0.3, -0.25) is 4.90 Å². The zero-order valence-corrected chi connectivity index (χ0v) is 15.7. The third-order valence-electron chi connectivity index (χ3n) is 4.56. The molecule has 0 saturated carbocycles. The molecule has 7 nitrogen and oxygen atoms in total. The first-order valence-corrected chi connectivity index (χ1v) is 10.7. The van der Waals surface area contributed by atoms with Crippen LogP contribution in [0.5, 0.6) is 0 Å². The smallest absolute Gasteiger partial charge is 0.151 e. The van der Waals surface area contributed by atoms with Crippen LogP contribution in [0.4, 0.5) is 0 Å². The van der Waals surface area contributed by atoms with Gasteiger partial charge < -0.3 is 0 Å². The van der Waals surface area contributed by atoms with Gasteiger partial charge in [-0.1, -0.05) is 0 Å². The number of thiazole rings is 1. The Hall–Kier alpha value is -1.84. The maximum Gasteiger partial charge on any atom is 0.151 e. The Morgan fingerprint density at radius 1 is 1.40 bits per heavy atom. The molecule has 25 heavy (non-hydrogen) atoms. The molecule has 1 fully saturated rings. The van der Waals surface area contributed by atoms with E-state index in [1.54, 1.807) is 11.3 Å². The predicted octanol–water partition coefficient (Wildman–Crippen LogP) is 1.80. The first-order valence-electron chi connectivity index (χ1n) is 8.08. The van der Waals surface area contributed by atoms with Gasteiger partial charge in [-0.05, 0) is 38.6 Å². The van der Waals surface area contributed by atoms with Crippen LogP contribution in [0.2, 0.25) is 0 Å². The molecule has 9 heteroatoms. The molecule has 1 aliphatic heterocycles. The van der Waals surface area contributed by atoms with Crippen molar-refractivity contribution in [1.82, 2.24) is 24.6 Å². The second-order valence-electron chi connectivity index (χ2n) is 6.44. The number of rotatable bonds is 4. The van der Waals surface area contributed by atoms with Crippen LogP contribution in [-0.4, -0.2) is 57.7 Å². The number of aromatic nitrogens is 4. The average molecular weight is 377 g/mol. The molecule has 3 heterocycles. The summed E-state index contributed by atoms with van der Waals surface area (Å²) in [6.45, 7) is 2.55. The molecule has 132 valence electrons. The van der Waals surface area contributed by atoms with Gasteiger partial charge in [-0.25, -0.2) is 23.1 Å². The lowest BCUT2D eigenvalue weighted by atomic mass is 10.2. The second kappa shape index (κ2) is 6.15. The Kier molecular flexibility index (Phi) is 4.09. The van der Waals surface area contributed by atoms with Gasteiger partial charge in [0.1, 0.15) is 12.2 Å². The number of sulfone groups is 1. The molecular weight excluding hydrogens is 358 g/mol. The zero-order chi connectivity index (χ0) is 17.6. The monoisotopic (exact) mass is 377 g/mol. The van der Waals surface area contributed by atoms with E-state index in [9.17, 15) is 8.42 Å². The van der Waals surface area contributed by atoms with Crippen molar-refractivity contribution in [3.8, 4) is 5.69 Å². The first-order chi connectivity index (χ1) is 11.9. The molecule has 1 saturated heterocycles. The molecule has 0 N–H and O–H groups in total. The van der Waals surface area contributed by atoms with E-state index in [0.717, 1.165) is 26.7 Å². The molecular formula is C16H19N5O2S2. The van der Waals surface area contributed by atoms with E-state index in [1.807, 2.05) is 30.8 Å². The van der Waals surface area contributed by atoms with Crippen molar-refractivity contribution < 1.29 is 8.42 Å². The fourth-order valence-corrected chi connectivity index (χ4v) is 5.89. The molecule has 1 atom stereocenters. The van der Waals surface area contributed by atoms with Gasteiger partial charge in [0.05, 0.1) is 39.0 Å². The normalized spacial score (nSPS) is 19.9. The van der Waals surface area contributed by atoms with E-state index in [0.29, 0.717) is 13.0 Å². The highest BCUT2D eigenvalue weighted by atomic mass is 32.2. The Morgan fingerprint density at radius 3 is 3.00 bits per heavy atom. The lowest BCUT2D eigenvalue weighted by Gasteiger charge is -2.22. The van der Waals surface area contributed by atoms with Crippen LogP contribution >= 0.6 is 11.3 Å². The van der Waals surface area contributed by atoms with E-state index in [4.69, 9.17) is 0 Å². The summed E-state index contributed by atoms with van der Waals surface area (Å²) in [5.41, 5.74) is 1.93. The molecule has 1 unspecified atom stereocenters.